The first kappa shape index (κ1) is 13.4. The smallest absolute Gasteiger partial charge is 0.209 e. The van der Waals surface area contributed by atoms with Crippen molar-refractivity contribution in [2.45, 2.75) is 6.54 Å². The fourth-order valence-corrected chi connectivity index (χ4v) is 1.53. The average Bonchev–Trinajstić information content (AvgIpc) is 2.25. The minimum Gasteiger partial charge on any atom is -0.409 e. The number of nitrogens with zero attached hydrogens (tertiary/aromatic N) is 1. The van der Waals surface area contributed by atoms with Crippen LogP contribution in [0.4, 0.5) is 4.39 Å². The molecule has 4 N–H and O–H groups in total. The van der Waals surface area contributed by atoms with Crippen molar-refractivity contribution in [3.8, 4) is 0 Å². The molecule has 8 heteroatoms. The van der Waals surface area contributed by atoms with Gasteiger partial charge in [-0.25, -0.2) is 17.5 Å². The predicted octanol–water partition coefficient (Wildman–Crippen LogP) is -0.0306. The van der Waals surface area contributed by atoms with Gasteiger partial charge in [0, 0.05) is 17.7 Å². The first-order valence-electron chi connectivity index (χ1n) is 4.54. The maximum absolute atomic E-state index is 13.5. The van der Waals surface area contributed by atoms with Gasteiger partial charge in [0.15, 0.2) is 5.84 Å². The van der Waals surface area contributed by atoms with Gasteiger partial charge < -0.3 is 10.9 Å². The highest BCUT2D eigenvalue weighted by molar-refractivity contribution is 7.88. The molecule has 17 heavy (non-hydrogen) atoms. The van der Waals surface area contributed by atoms with Crippen LogP contribution in [0.3, 0.4) is 0 Å². The summed E-state index contributed by atoms with van der Waals surface area (Å²) >= 11 is 0. The van der Waals surface area contributed by atoms with Gasteiger partial charge in [-0.05, 0) is 6.07 Å². The van der Waals surface area contributed by atoms with Gasteiger partial charge in [0.25, 0.3) is 0 Å². The zero-order valence-corrected chi connectivity index (χ0v) is 9.83. The van der Waals surface area contributed by atoms with Crippen LogP contribution >= 0.6 is 0 Å². The molecular weight excluding hydrogens is 249 g/mol. The molecule has 94 valence electrons. The minimum absolute atomic E-state index is 0.152. The Kier molecular flexibility index (Phi) is 4.02. The van der Waals surface area contributed by atoms with Crippen LogP contribution in [-0.4, -0.2) is 25.7 Å². The molecule has 0 atom stereocenters. The van der Waals surface area contributed by atoms with Crippen LogP contribution in [0.15, 0.2) is 23.4 Å². The average molecular weight is 261 g/mol. The standard InChI is InChI=1S/C9H12FN3O3S/c1-17(15,16)12-5-7-3-2-6(4-8(7)10)9(11)13-14/h2-4,12,14H,5H2,1H3,(H2,11,13). The largest absolute Gasteiger partial charge is 0.409 e. The minimum atomic E-state index is -3.38. The lowest BCUT2D eigenvalue weighted by Gasteiger charge is -2.06. The Morgan fingerprint density at radius 3 is 2.71 bits per heavy atom. The number of sulfonamides is 1. The predicted molar refractivity (Wildman–Crippen MR) is 60.6 cm³/mol. The summed E-state index contributed by atoms with van der Waals surface area (Å²) in [7, 11) is -3.38. The van der Waals surface area contributed by atoms with Gasteiger partial charge in [-0.15, -0.1) is 0 Å². The molecule has 0 heterocycles. The summed E-state index contributed by atoms with van der Waals surface area (Å²) in [5.41, 5.74) is 5.67. The van der Waals surface area contributed by atoms with E-state index in [1.807, 2.05) is 0 Å². The number of rotatable bonds is 4. The van der Waals surface area contributed by atoms with E-state index in [1.54, 1.807) is 0 Å². The molecule has 0 unspecified atom stereocenters. The number of oxime groups is 1. The van der Waals surface area contributed by atoms with E-state index in [4.69, 9.17) is 10.9 Å². The van der Waals surface area contributed by atoms with Crippen molar-refractivity contribution in [2.75, 3.05) is 6.26 Å². The van der Waals surface area contributed by atoms with E-state index in [-0.39, 0.29) is 23.5 Å². The molecule has 0 aliphatic heterocycles. The first-order chi connectivity index (χ1) is 7.83. The van der Waals surface area contributed by atoms with Crippen LogP contribution in [0.1, 0.15) is 11.1 Å². The van der Waals surface area contributed by atoms with Crippen LogP contribution < -0.4 is 10.5 Å². The molecule has 0 saturated heterocycles. The van der Waals surface area contributed by atoms with Crippen LogP contribution in [0.5, 0.6) is 0 Å². The number of hydrogen-bond acceptors (Lipinski definition) is 4. The molecule has 0 aliphatic carbocycles. The summed E-state index contributed by atoms with van der Waals surface area (Å²) in [4.78, 5) is 0. The maximum Gasteiger partial charge on any atom is 0.209 e. The van der Waals surface area contributed by atoms with Gasteiger partial charge >= 0.3 is 0 Å². The molecule has 1 rings (SSSR count). The lowest BCUT2D eigenvalue weighted by molar-refractivity contribution is 0.318. The summed E-state index contributed by atoms with van der Waals surface area (Å²) in [5.74, 6) is -0.850. The van der Waals surface area contributed by atoms with Gasteiger partial charge in [0.05, 0.1) is 6.26 Å². The van der Waals surface area contributed by atoms with E-state index in [1.165, 1.54) is 12.1 Å². The summed E-state index contributed by atoms with van der Waals surface area (Å²) < 4.78 is 37.3. The summed E-state index contributed by atoms with van der Waals surface area (Å²) in [6, 6.07) is 3.85. The van der Waals surface area contributed by atoms with E-state index in [0.29, 0.717) is 0 Å². The zero-order valence-electron chi connectivity index (χ0n) is 9.01. The Morgan fingerprint density at radius 1 is 1.59 bits per heavy atom. The molecule has 1 aromatic rings. The van der Waals surface area contributed by atoms with Gasteiger partial charge in [-0.1, -0.05) is 17.3 Å². The molecule has 1 aromatic carbocycles. The third-order valence-electron chi connectivity index (χ3n) is 1.98. The fourth-order valence-electron chi connectivity index (χ4n) is 1.12. The Morgan fingerprint density at radius 2 is 2.24 bits per heavy atom. The van der Waals surface area contributed by atoms with Crippen LogP contribution in [-0.2, 0) is 16.6 Å². The van der Waals surface area contributed by atoms with E-state index in [0.717, 1.165) is 12.3 Å². The molecule has 0 aromatic heterocycles. The second-order valence-electron chi connectivity index (χ2n) is 3.38. The Balaban J connectivity index is 2.91. The van der Waals surface area contributed by atoms with Crippen molar-refractivity contribution in [1.82, 2.24) is 4.72 Å². The van der Waals surface area contributed by atoms with E-state index in [2.05, 4.69) is 9.88 Å². The van der Waals surface area contributed by atoms with Crippen molar-refractivity contribution in [3.63, 3.8) is 0 Å². The highest BCUT2D eigenvalue weighted by Crippen LogP contribution is 2.10. The number of benzene rings is 1. The molecule has 0 amide bonds. The third kappa shape index (κ3) is 4.00. The monoisotopic (exact) mass is 261 g/mol. The summed E-state index contributed by atoms with van der Waals surface area (Å²) in [5, 5.41) is 11.1. The lowest BCUT2D eigenvalue weighted by Crippen LogP contribution is -2.22. The van der Waals surface area contributed by atoms with Crippen molar-refractivity contribution < 1.29 is 18.0 Å². The quantitative estimate of drug-likeness (QED) is 0.306. The van der Waals surface area contributed by atoms with Gasteiger partial charge in [0.2, 0.25) is 10.0 Å². The lowest BCUT2D eigenvalue weighted by atomic mass is 10.1. The van der Waals surface area contributed by atoms with Crippen LogP contribution in [0, 0.1) is 5.82 Å². The topological polar surface area (TPSA) is 105 Å². The summed E-state index contributed by atoms with van der Waals surface area (Å²) in [6.07, 6.45) is 0.982. The molecule has 0 saturated carbocycles. The number of hydrogen-bond donors (Lipinski definition) is 3. The van der Waals surface area contributed by atoms with Crippen molar-refractivity contribution in [2.24, 2.45) is 10.9 Å². The SMILES string of the molecule is CS(=O)(=O)NCc1ccc(C(N)=NO)cc1F. The van der Waals surface area contributed by atoms with Crippen LogP contribution in [0.25, 0.3) is 0 Å². The number of nitrogens with one attached hydrogen (secondary N) is 1. The highest BCUT2D eigenvalue weighted by atomic mass is 32.2. The van der Waals surface area contributed by atoms with Gasteiger partial charge in [0.1, 0.15) is 5.82 Å². The van der Waals surface area contributed by atoms with Crippen molar-refractivity contribution in [3.05, 3.63) is 35.1 Å². The maximum atomic E-state index is 13.5. The third-order valence-corrected chi connectivity index (χ3v) is 2.65. The van der Waals surface area contributed by atoms with Gasteiger partial charge in [-0.3, -0.25) is 0 Å². The van der Waals surface area contributed by atoms with Gasteiger partial charge in [-0.2, -0.15) is 0 Å². The Bertz CT molecular complexity index is 542. The Hall–Kier alpha value is -1.67. The molecule has 0 radical (unpaired) electrons. The van der Waals surface area contributed by atoms with E-state index < -0.39 is 15.8 Å². The second kappa shape index (κ2) is 5.11. The molecule has 0 bridgehead atoms. The normalized spacial score (nSPS) is 12.7. The zero-order chi connectivity index (χ0) is 13.1. The fraction of sp³-hybridized carbons (Fsp3) is 0.222. The number of nitrogens with two attached hydrogens (primary N) is 1. The van der Waals surface area contributed by atoms with Crippen molar-refractivity contribution >= 4 is 15.9 Å². The number of halogens is 1. The highest BCUT2D eigenvalue weighted by Gasteiger charge is 2.08. The second-order valence-corrected chi connectivity index (χ2v) is 5.22. The van der Waals surface area contributed by atoms with E-state index in [9.17, 15) is 12.8 Å². The van der Waals surface area contributed by atoms with Crippen molar-refractivity contribution in [1.29, 1.82) is 0 Å². The molecule has 0 aliphatic rings. The first-order valence-corrected chi connectivity index (χ1v) is 6.43. The molecule has 0 fully saturated rings. The molecule has 0 spiro atoms. The molecular formula is C9H12FN3O3S. The summed E-state index contributed by atoms with van der Waals surface area (Å²) in [6.45, 7) is -0.152. The van der Waals surface area contributed by atoms with Crippen LogP contribution in [0.2, 0.25) is 0 Å². The van der Waals surface area contributed by atoms with E-state index >= 15 is 0 Å². The Labute approximate surface area is 98.0 Å². The number of amidine groups is 1. The molecule has 6 nitrogen and oxygen atoms in total.